The summed E-state index contributed by atoms with van der Waals surface area (Å²) in [6.07, 6.45) is 1.66. The fraction of sp³-hybridized carbons (Fsp3) is 0.364. The van der Waals surface area contributed by atoms with Crippen molar-refractivity contribution in [3.63, 3.8) is 0 Å². The molecule has 0 atom stereocenters. The second-order valence-corrected chi connectivity index (χ2v) is 4.74. The van der Waals surface area contributed by atoms with Crippen molar-refractivity contribution in [2.24, 2.45) is 0 Å². The van der Waals surface area contributed by atoms with E-state index in [1.165, 1.54) is 16.7 Å². The Morgan fingerprint density at radius 1 is 1.47 bits per heavy atom. The van der Waals surface area contributed by atoms with Crippen LogP contribution in [-0.2, 0) is 4.79 Å². The number of rotatable bonds is 5. The van der Waals surface area contributed by atoms with Crippen LogP contribution in [0.3, 0.4) is 0 Å². The molecule has 0 fully saturated rings. The van der Waals surface area contributed by atoms with Crippen LogP contribution in [0.1, 0.15) is 16.9 Å². The molecule has 1 rings (SSSR count). The summed E-state index contributed by atoms with van der Waals surface area (Å²) in [6.45, 7) is 0. The number of carbonyl (C=O) groups excluding carboxylic acids is 1. The average molecular weight is 254 g/mol. The van der Waals surface area contributed by atoms with Crippen LogP contribution in [0, 0.1) is 0 Å². The summed E-state index contributed by atoms with van der Waals surface area (Å²) in [6, 6.07) is 3.44. The van der Waals surface area contributed by atoms with Crippen LogP contribution in [-0.4, -0.2) is 46.7 Å². The monoisotopic (exact) mass is 254 g/mol. The zero-order valence-corrected chi connectivity index (χ0v) is 10.5. The van der Waals surface area contributed by atoms with Crippen LogP contribution in [0.5, 0.6) is 0 Å². The van der Waals surface area contributed by atoms with Gasteiger partial charge in [-0.2, -0.15) is 0 Å². The first kappa shape index (κ1) is 13.5. The SMILES string of the molecule is CN(C)C(=O)c1cc(SCCC(=O)O)ccn1. The van der Waals surface area contributed by atoms with E-state index in [4.69, 9.17) is 5.11 Å². The summed E-state index contributed by atoms with van der Waals surface area (Å²) in [5, 5.41) is 8.52. The highest BCUT2D eigenvalue weighted by Crippen LogP contribution is 2.19. The third-order valence-electron chi connectivity index (χ3n) is 1.94. The Kier molecular flexibility index (Phi) is 4.96. The Balaban J connectivity index is 2.66. The van der Waals surface area contributed by atoms with Gasteiger partial charge in [-0.05, 0) is 12.1 Å². The first-order valence-electron chi connectivity index (χ1n) is 5.03. The summed E-state index contributed by atoms with van der Waals surface area (Å²) in [7, 11) is 3.32. The molecule has 1 N–H and O–H groups in total. The number of hydrogen-bond donors (Lipinski definition) is 1. The predicted octanol–water partition coefficient (Wildman–Crippen LogP) is 1.35. The molecule has 0 saturated heterocycles. The zero-order valence-electron chi connectivity index (χ0n) is 9.71. The van der Waals surface area contributed by atoms with Crippen molar-refractivity contribution in [1.29, 1.82) is 0 Å². The number of carboxylic acid groups (broad SMARTS) is 1. The van der Waals surface area contributed by atoms with Gasteiger partial charge >= 0.3 is 5.97 Å². The number of aromatic nitrogens is 1. The zero-order chi connectivity index (χ0) is 12.8. The molecule has 92 valence electrons. The molecular weight excluding hydrogens is 240 g/mol. The van der Waals surface area contributed by atoms with Gasteiger partial charge in [0.05, 0.1) is 6.42 Å². The highest BCUT2D eigenvalue weighted by atomic mass is 32.2. The lowest BCUT2D eigenvalue weighted by atomic mass is 10.3. The van der Waals surface area contributed by atoms with E-state index in [0.717, 1.165) is 4.90 Å². The van der Waals surface area contributed by atoms with Crippen molar-refractivity contribution < 1.29 is 14.7 Å². The third kappa shape index (κ3) is 4.44. The lowest BCUT2D eigenvalue weighted by Gasteiger charge is -2.09. The average Bonchev–Trinajstić information content (AvgIpc) is 2.28. The molecule has 0 aliphatic carbocycles. The molecule has 0 spiro atoms. The van der Waals surface area contributed by atoms with Gasteiger partial charge in [0, 0.05) is 30.9 Å². The van der Waals surface area contributed by atoms with E-state index >= 15 is 0 Å². The van der Waals surface area contributed by atoms with Crippen molar-refractivity contribution in [1.82, 2.24) is 9.88 Å². The molecule has 0 aromatic carbocycles. The number of thioether (sulfide) groups is 1. The Bertz CT molecular complexity index is 421. The maximum absolute atomic E-state index is 11.6. The van der Waals surface area contributed by atoms with Crippen LogP contribution in [0.4, 0.5) is 0 Å². The van der Waals surface area contributed by atoms with Crippen molar-refractivity contribution in [3.8, 4) is 0 Å². The highest BCUT2D eigenvalue weighted by molar-refractivity contribution is 7.99. The Labute approximate surface area is 104 Å². The Morgan fingerprint density at radius 3 is 2.76 bits per heavy atom. The lowest BCUT2D eigenvalue weighted by Crippen LogP contribution is -2.22. The second-order valence-electron chi connectivity index (χ2n) is 3.57. The number of amides is 1. The fourth-order valence-electron chi connectivity index (χ4n) is 1.10. The molecule has 0 saturated carbocycles. The van der Waals surface area contributed by atoms with Crippen molar-refractivity contribution in [2.45, 2.75) is 11.3 Å². The maximum atomic E-state index is 11.6. The van der Waals surface area contributed by atoms with Gasteiger partial charge in [0.1, 0.15) is 5.69 Å². The maximum Gasteiger partial charge on any atom is 0.304 e. The van der Waals surface area contributed by atoms with E-state index in [-0.39, 0.29) is 12.3 Å². The number of pyridine rings is 1. The van der Waals surface area contributed by atoms with E-state index in [2.05, 4.69) is 4.98 Å². The largest absolute Gasteiger partial charge is 0.481 e. The first-order valence-corrected chi connectivity index (χ1v) is 6.01. The normalized spacial score (nSPS) is 10.0. The van der Waals surface area contributed by atoms with E-state index < -0.39 is 5.97 Å². The number of hydrogen-bond acceptors (Lipinski definition) is 4. The summed E-state index contributed by atoms with van der Waals surface area (Å²) in [5.41, 5.74) is 0.371. The van der Waals surface area contributed by atoms with E-state index in [1.807, 2.05) is 0 Å². The van der Waals surface area contributed by atoms with Crippen LogP contribution in [0.2, 0.25) is 0 Å². The molecule has 1 aromatic rings. The van der Waals surface area contributed by atoms with Gasteiger partial charge in [0.2, 0.25) is 0 Å². The Hall–Kier alpha value is -1.56. The van der Waals surface area contributed by atoms with Crippen LogP contribution in [0.25, 0.3) is 0 Å². The summed E-state index contributed by atoms with van der Waals surface area (Å²) >= 11 is 1.40. The van der Waals surface area contributed by atoms with E-state index in [9.17, 15) is 9.59 Å². The topological polar surface area (TPSA) is 70.5 Å². The van der Waals surface area contributed by atoms with Gasteiger partial charge in [0.15, 0.2) is 0 Å². The predicted molar refractivity (Wildman–Crippen MR) is 65.2 cm³/mol. The quantitative estimate of drug-likeness (QED) is 0.803. The van der Waals surface area contributed by atoms with Gasteiger partial charge in [-0.1, -0.05) is 0 Å². The number of carboxylic acids is 1. The van der Waals surface area contributed by atoms with Crippen LogP contribution < -0.4 is 0 Å². The molecule has 1 heterocycles. The summed E-state index contributed by atoms with van der Waals surface area (Å²) < 4.78 is 0. The summed E-state index contributed by atoms with van der Waals surface area (Å²) in [5.74, 6) is -0.503. The highest BCUT2D eigenvalue weighted by Gasteiger charge is 2.10. The molecule has 0 radical (unpaired) electrons. The van der Waals surface area contributed by atoms with Gasteiger partial charge in [-0.15, -0.1) is 11.8 Å². The molecule has 17 heavy (non-hydrogen) atoms. The van der Waals surface area contributed by atoms with Gasteiger partial charge in [-0.3, -0.25) is 14.6 Å². The third-order valence-corrected chi connectivity index (χ3v) is 2.94. The Morgan fingerprint density at radius 2 is 2.18 bits per heavy atom. The van der Waals surface area contributed by atoms with Crippen molar-refractivity contribution in [2.75, 3.05) is 19.8 Å². The molecular formula is C11H14N2O3S. The minimum atomic E-state index is -0.823. The molecule has 6 heteroatoms. The van der Waals surface area contributed by atoms with Crippen LogP contribution >= 0.6 is 11.8 Å². The molecule has 0 aliphatic heterocycles. The number of carbonyl (C=O) groups is 2. The molecule has 0 bridgehead atoms. The van der Waals surface area contributed by atoms with Crippen LogP contribution in [0.15, 0.2) is 23.2 Å². The minimum Gasteiger partial charge on any atom is -0.481 e. The standard InChI is InChI=1S/C11H14N2O3S/c1-13(2)11(16)9-7-8(3-5-12-9)17-6-4-10(14)15/h3,5,7H,4,6H2,1-2H3,(H,14,15). The van der Waals surface area contributed by atoms with Gasteiger partial charge < -0.3 is 10.0 Å². The number of nitrogens with zero attached hydrogens (tertiary/aromatic N) is 2. The van der Waals surface area contributed by atoms with Gasteiger partial charge in [-0.25, -0.2) is 0 Å². The molecule has 0 aliphatic rings. The minimum absolute atomic E-state index is 0.101. The number of aliphatic carboxylic acids is 1. The first-order chi connectivity index (χ1) is 8.00. The summed E-state index contributed by atoms with van der Waals surface area (Å²) in [4.78, 5) is 28.3. The van der Waals surface area contributed by atoms with Crippen molar-refractivity contribution >= 4 is 23.6 Å². The lowest BCUT2D eigenvalue weighted by molar-refractivity contribution is -0.136. The van der Waals surface area contributed by atoms with E-state index in [1.54, 1.807) is 32.4 Å². The molecule has 5 nitrogen and oxygen atoms in total. The molecule has 1 aromatic heterocycles. The fourth-order valence-corrected chi connectivity index (χ4v) is 1.97. The second kappa shape index (κ2) is 6.24. The molecule has 0 unspecified atom stereocenters. The van der Waals surface area contributed by atoms with Crippen molar-refractivity contribution in [3.05, 3.63) is 24.0 Å². The van der Waals surface area contributed by atoms with E-state index in [0.29, 0.717) is 11.4 Å². The van der Waals surface area contributed by atoms with Gasteiger partial charge in [0.25, 0.3) is 5.91 Å². The smallest absolute Gasteiger partial charge is 0.304 e. The molecule has 1 amide bonds.